The molecule has 0 spiro atoms. The monoisotopic (exact) mass is 215 g/mol. The van der Waals surface area contributed by atoms with Gasteiger partial charge < -0.3 is 5.73 Å². The minimum Gasteiger partial charge on any atom is -0.327 e. The van der Waals surface area contributed by atoms with Crippen LogP contribution in [-0.2, 0) is 6.42 Å². The molecule has 78 valence electrons. The van der Waals surface area contributed by atoms with E-state index in [0.29, 0.717) is 11.4 Å². The fourth-order valence-corrected chi connectivity index (χ4v) is 1.65. The van der Waals surface area contributed by atoms with E-state index < -0.39 is 0 Å². The molecule has 1 rings (SSSR count). The zero-order chi connectivity index (χ0) is 10.6. The van der Waals surface area contributed by atoms with Crippen LogP contribution in [-0.4, -0.2) is 6.04 Å². The molecule has 0 bridgehead atoms. The van der Waals surface area contributed by atoms with Gasteiger partial charge in [-0.2, -0.15) is 0 Å². The summed E-state index contributed by atoms with van der Waals surface area (Å²) in [6.45, 7) is 2.08. The topological polar surface area (TPSA) is 26.0 Å². The standard InChI is InChI=1S/C11H15ClFN/c1-2-3-10(14)7-8-6-9(13)4-5-11(8)12/h4-6,10H,2-3,7,14H2,1H3. The SMILES string of the molecule is CCCC(N)Cc1cc(F)ccc1Cl. The highest BCUT2D eigenvalue weighted by Crippen LogP contribution is 2.19. The van der Waals surface area contributed by atoms with Gasteiger partial charge in [-0.05, 0) is 36.6 Å². The second-order valence-electron chi connectivity index (χ2n) is 3.49. The third-order valence-corrected chi connectivity index (χ3v) is 2.52. The molecule has 0 aliphatic heterocycles. The number of rotatable bonds is 4. The molecule has 3 heteroatoms. The molecule has 0 aliphatic rings. The molecule has 0 amide bonds. The van der Waals surface area contributed by atoms with E-state index >= 15 is 0 Å². The second-order valence-corrected chi connectivity index (χ2v) is 3.90. The van der Waals surface area contributed by atoms with Crippen molar-refractivity contribution in [2.24, 2.45) is 5.73 Å². The highest BCUT2D eigenvalue weighted by Gasteiger charge is 2.07. The number of hydrogen-bond acceptors (Lipinski definition) is 1. The molecule has 1 aromatic carbocycles. The van der Waals surface area contributed by atoms with Gasteiger partial charge in [-0.3, -0.25) is 0 Å². The van der Waals surface area contributed by atoms with Crippen LogP contribution in [0.2, 0.25) is 5.02 Å². The lowest BCUT2D eigenvalue weighted by Crippen LogP contribution is -2.22. The Morgan fingerprint density at radius 3 is 2.86 bits per heavy atom. The van der Waals surface area contributed by atoms with Crippen molar-refractivity contribution >= 4 is 11.6 Å². The predicted octanol–water partition coefficient (Wildman–Crippen LogP) is 3.15. The minimum atomic E-state index is -0.256. The average molecular weight is 216 g/mol. The third-order valence-electron chi connectivity index (χ3n) is 2.15. The molecule has 1 nitrogen and oxygen atoms in total. The van der Waals surface area contributed by atoms with E-state index in [9.17, 15) is 4.39 Å². The van der Waals surface area contributed by atoms with Gasteiger partial charge in [0.1, 0.15) is 5.82 Å². The lowest BCUT2D eigenvalue weighted by molar-refractivity contribution is 0.592. The van der Waals surface area contributed by atoms with Crippen molar-refractivity contribution in [3.05, 3.63) is 34.6 Å². The molecule has 0 fully saturated rings. The van der Waals surface area contributed by atoms with Gasteiger partial charge in [-0.25, -0.2) is 4.39 Å². The van der Waals surface area contributed by atoms with Crippen molar-refractivity contribution in [3.8, 4) is 0 Å². The maximum absolute atomic E-state index is 12.9. The molecule has 2 N–H and O–H groups in total. The molecule has 0 heterocycles. The van der Waals surface area contributed by atoms with E-state index in [2.05, 4.69) is 6.92 Å². The maximum Gasteiger partial charge on any atom is 0.123 e. The van der Waals surface area contributed by atoms with Gasteiger partial charge in [0.25, 0.3) is 0 Å². The van der Waals surface area contributed by atoms with Crippen molar-refractivity contribution in [2.75, 3.05) is 0 Å². The summed E-state index contributed by atoms with van der Waals surface area (Å²) in [4.78, 5) is 0. The van der Waals surface area contributed by atoms with Crippen LogP contribution in [0.1, 0.15) is 25.3 Å². The minimum absolute atomic E-state index is 0.0688. The summed E-state index contributed by atoms with van der Waals surface area (Å²) >= 11 is 5.92. The summed E-state index contributed by atoms with van der Waals surface area (Å²) < 4.78 is 12.9. The Hall–Kier alpha value is -0.600. The molecule has 0 aliphatic carbocycles. The molecule has 1 aromatic rings. The van der Waals surface area contributed by atoms with Gasteiger partial charge in [0, 0.05) is 11.1 Å². The average Bonchev–Trinajstić information content (AvgIpc) is 2.12. The van der Waals surface area contributed by atoms with Gasteiger partial charge in [0.05, 0.1) is 0 Å². The van der Waals surface area contributed by atoms with Crippen LogP contribution in [0.25, 0.3) is 0 Å². The molecular formula is C11H15ClFN. The van der Waals surface area contributed by atoms with Gasteiger partial charge in [-0.1, -0.05) is 24.9 Å². The molecule has 0 aromatic heterocycles. The summed E-state index contributed by atoms with van der Waals surface area (Å²) in [7, 11) is 0. The van der Waals surface area contributed by atoms with E-state index in [4.69, 9.17) is 17.3 Å². The van der Waals surface area contributed by atoms with E-state index in [1.54, 1.807) is 6.07 Å². The van der Waals surface area contributed by atoms with Crippen molar-refractivity contribution in [2.45, 2.75) is 32.2 Å². The van der Waals surface area contributed by atoms with Gasteiger partial charge in [0.15, 0.2) is 0 Å². The Labute approximate surface area is 89.1 Å². The van der Waals surface area contributed by atoms with Crippen LogP contribution in [0, 0.1) is 5.82 Å². The smallest absolute Gasteiger partial charge is 0.123 e. The summed E-state index contributed by atoms with van der Waals surface area (Å²) in [6, 6.07) is 4.46. The van der Waals surface area contributed by atoms with Crippen molar-refractivity contribution in [3.63, 3.8) is 0 Å². The van der Waals surface area contributed by atoms with Gasteiger partial charge >= 0.3 is 0 Å². The third kappa shape index (κ3) is 3.28. The van der Waals surface area contributed by atoms with Crippen LogP contribution >= 0.6 is 11.6 Å². The Morgan fingerprint density at radius 2 is 2.21 bits per heavy atom. The highest BCUT2D eigenvalue weighted by molar-refractivity contribution is 6.31. The van der Waals surface area contributed by atoms with Crippen LogP contribution in [0.4, 0.5) is 4.39 Å². The number of halogens is 2. The quantitative estimate of drug-likeness (QED) is 0.821. The molecule has 0 radical (unpaired) electrons. The maximum atomic E-state index is 12.9. The molecule has 14 heavy (non-hydrogen) atoms. The van der Waals surface area contributed by atoms with Gasteiger partial charge in [-0.15, -0.1) is 0 Å². The summed E-state index contributed by atoms with van der Waals surface area (Å²) in [5.41, 5.74) is 6.65. The predicted molar refractivity (Wildman–Crippen MR) is 58.0 cm³/mol. The van der Waals surface area contributed by atoms with Crippen molar-refractivity contribution in [1.82, 2.24) is 0 Å². The first-order chi connectivity index (χ1) is 6.63. The highest BCUT2D eigenvalue weighted by atomic mass is 35.5. The fraction of sp³-hybridized carbons (Fsp3) is 0.455. The van der Waals surface area contributed by atoms with Crippen molar-refractivity contribution < 1.29 is 4.39 Å². The zero-order valence-electron chi connectivity index (χ0n) is 8.26. The van der Waals surface area contributed by atoms with Crippen LogP contribution in [0.15, 0.2) is 18.2 Å². The summed E-state index contributed by atoms with van der Waals surface area (Å²) in [5, 5.41) is 0.595. The molecule has 0 saturated carbocycles. The first-order valence-corrected chi connectivity index (χ1v) is 5.20. The van der Waals surface area contributed by atoms with E-state index in [0.717, 1.165) is 18.4 Å². The molecular weight excluding hydrogens is 201 g/mol. The van der Waals surface area contributed by atoms with E-state index in [1.807, 2.05) is 0 Å². The molecule has 1 atom stereocenters. The Balaban J connectivity index is 2.70. The van der Waals surface area contributed by atoms with Crippen molar-refractivity contribution in [1.29, 1.82) is 0 Å². The molecule has 1 unspecified atom stereocenters. The van der Waals surface area contributed by atoms with Crippen LogP contribution in [0.5, 0.6) is 0 Å². The Morgan fingerprint density at radius 1 is 1.50 bits per heavy atom. The Bertz CT molecular complexity index is 301. The molecule has 0 saturated heterocycles. The number of nitrogens with two attached hydrogens (primary N) is 1. The first-order valence-electron chi connectivity index (χ1n) is 4.83. The van der Waals surface area contributed by atoms with E-state index in [1.165, 1.54) is 12.1 Å². The lowest BCUT2D eigenvalue weighted by Gasteiger charge is -2.11. The fourth-order valence-electron chi connectivity index (χ4n) is 1.46. The van der Waals surface area contributed by atoms with Crippen LogP contribution in [0.3, 0.4) is 0 Å². The number of benzene rings is 1. The normalized spacial score (nSPS) is 12.9. The zero-order valence-corrected chi connectivity index (χ0v) is 9.02. The lowest BCUT2D eigenvalue weighted by atomic mass is 10.0. The first kappa shape index (κ1) is 11.5. The Kier molecular flexibility index (Phi) is 4.36. The van der Waals surface area contributed by atoms with Gasteiger partial charge in [0.2, 0.25) is 0 Å². The summed E-state index contributed by atoms with van der Waals surface area (Å²) in [6.07, 6.45) is 2.62. The van der Waals surface area contributed by atoms with Crippen LogP contribution < -0.4 is 5.73 Å². The second kappa shape index (κ2) is 5.32. The summed E-state index contributed by atoms with van der Waals surface area (Å²) in [5.74, 6) is -0.256. The largest absolute Gasteiger partial charge is 0.327 e. The van der Waals surface area contributed by atoms with E-state index in [-0.39, 0.29) is 11.9 Å². The number of hydrogen-bond donors (Lipinski definition) is 1.